The van der Waals surface area contributed by atoms with Crippen molar-refractivity contribution in [2.45, 2.75) is 19.9 Å². The summed E-state index contributed by atoms with van der Waals surface area (Å²) in [6.07, 6.45) is 0. The van der Waals surface area contributed by atoms with Crippen LogP contribution in [0.2, 0.25) is 0 Å². The number of para-hydroxylation sites is 1. The van der Waals surface area contributed by atoms with Crippen molar-refractivity contribution in [3.05, 3.63) is 59.7 Å². The van der Waals surface area contributed by atoms with Gasteiger partial charge < -0.3 is 10.1 Å². The molecule has 2 rings (SSSR count). The predicted octanol–water partition coefficient (Wildman–Crippen LogP) is 4.18. The first-order chi connectivity index (χ1) is 8.70. The molecule has 18 heavy (non-hydrogen) atoms. The van der Waals surface area contributed by atoms with Crippen molar-refractivity contribution >= 4 is 5.69 Å². The second-order valence-electron chi connectivity index (χ2n) is 4.48. The number of benzene rings is 2. The lowest BCUT2D eigenvalue weighted by atomic mass is 10.0. The molecule has 0 aliphatic heterocycles. The fourth-order valence-corrected chi connectivity index (χ4v) is 2.05. The second kappa shape index (κ2) is 5.58. The molecule has 0 spiro atoms. The van der Waals surface area contributed by atoms with Gasteiger partial charge in [-0.25, -0.2) is 0 Å². The molecule has 0 amide bonds. The van der Waals surface area contributed by atoms with Gasteiger partial charge in [0.05, 0.1) is 13.2 Å². The molecule has 0 aliphatic carbocycles. The van der Waals surface area contributed by atoms with Gasteiger partial charge in [-0.2, -0.15) is 0 Å². The predicted molar refractivity (Wildman–Crippen MR) is 76.2 cm³/mol. The lowest BCUT2D eigenvalue weighted by molar-refractivity contribution is 0.408. The lowest BCUT2D eigenvalue weighted by Crippen LogP contribution is -2.08. The molecule has 2 aromatic rings. The van der Waals surface area contributed by atoms with Crippen LogP contribution in [0.3, 0.4) is 0 Å². The van der Waals surface area contributed by atoms with E-state index in [9.17, 15) is 0 Å². The molecule has 2 aromatic carbocycles. The molecule has 0 fully saturated rings. The first kappa shape index (κ1) is 12.5. The first-order valence-corrected chi connectivity index (χ1v) is 6.17. The number of aryl methyl sites for hydroxylation is 1. The highest BCUT2D eigenvalue weighted by Crippen LogP contribution is 2.28. The molecule has 0 aromatic heterocycles. The molecule has 0 saturated carbocycles. The summed E-state index contributed by atoms with van der Waals surface area (Å²) in [5, 5.41) is 3.48. The zero-order valence-electron chi connectivity index (χ0n) is 11.1. The van der Waals surface area contributed by atoms with Gasteiger partial charge >= 0.3 is 0 Å². The average Bonchev–Trinajstić information content (AvgIpc) is 2.40. The summed E-state index contributed by atoms with van der Waals surface area (Å²) >= 11 is 0. The van der Waals surface area contributed by atoms with Crippen LogP contribution in [0.5, 0.6) is 5.75 Å². The third kappa shape index (κ3) is 2.83. The van der Waals surface area contributed by atoms with Crippen molar-refractivity contribution in [3.63, 3.8) is 0 Å². The molecular weight excluding hydrogens is 222 g/mol. The Morgan fingerprint density at radius 3 is 2.44 bits per heavy atom. The molecule has 2 nitrogen and oxygen atoms in total. The summed E-state index contributed by atoms with van der Waals surface area (Å²) in [7, 11) is 1.71. The van der Waals surface area contributed by atoms with Crippen LogP contribution in [0.15, 0.2) is 48.5 Å². The van der Waals surface area contributed by atoms with Crippen molar-refractivity contribution in [1.29, 1.82) is 0 Å². The summed E-state index contributed by atoms with van der Waals surface area (Å²) in [4.78, 5) is 0. The number of nitrogens with one attached hydrogen (secondary N) is 1. The van der Waals surface area contributed by atoms with Gasteiger partial charge in [-0.05, 0) is 32.0 Å². The van der Waals surface area contributed by atoms with Gasteiger partial charge in [0.1, 0.15) is 5.75 Å². The van der Waals surface area contributed by atoms with Crippen molar-refractivity contribution in [2.24, 2.45) is 0 Å². The van der Waals surface area contributed by atoms with Gasteiger partial charge in [-0.3, -0.25) is 0 Å². The molecule has 0 heterocycles. The van der Waals surface area contributed by atoms with Gasteiger partial charge in [-0.15, -0.1) is 0 Å². The van der Waals surface area contributed by atoms with Crippen molar-refractivity contribution in [3.8, 4) is 5.75 Å². The van der Waals surface area contributed by atoms with E-state index in [0.717, 1.165) is 11.4 Å². The third-order valence-corrected chi connectivity index (χ3v) is 3.01. The van der Waals surface area contributed by atoms with E-state index in [1.54, 1.807) is 7.11 Å². The van der Waals surface area contributed by atoms with Crippen molar-refractivity contribution < 1.29 is 4.74 Å². The van der Waals surface area contributed by atoms with Crippen LogP contribution in [-0.4, -0.2) is 7.11 Å². The maximum absolute atomic E-state index is 5.42. The number of rotatable bonds is 4. The zero-order chi connectivity index (χ0) is 13.0. The number of hydrogen-bond donors (Lipinski definition) is 1. The van der Waals surface area contributed by atoms with E-state index in [1.807, 2.05) is 24.3 Å². The second-order valence-corrected chi connectivity index (χ2v) is 4.48. The standard InChI is InChI=1S/C16H19NO/c1-12-9-10-16(18-3)15(11-12)13(2)17-14-7-5-4-6-8-14/h4-11,13,17H,1-3H3. The van der Waals surface area contributed by atoms with Gasteiger partial charge in [0, 0.05) is 11.3 Å². The van der Waals surface area contributed by atoms with E-state index >= 15 is 0 Å². The highest BCUT2D eigenvalue weighted by Gasteiger charge is 2.11. The van der Waals surface area contributed by atoms with Crippen LogP contribution in [-0.2, 0) is 0 Å². The monoisotopic (exact) mass is 241 g/mol. The summed E-state index contributed by atoms with van der Waals surface area (Å²) in [6, 6.07) is 16.7. The number of anilines is 1. The lowest BCUT2D eigenvalue weighted by Gasteiger charge is -2.19. The van der Waals surface area contributed by atoms with Gasteiger partial charge in [0.15, 0.2) is 0 Å². The largest absolute Gasteiger partial charge is 0.496 e. The van der Waals surface area contributed by atoms with Crippen molar-refractivity contribution in [2.75, 3.05) is 12.4 Å². The highest BCUT2D eigenvalue weighted by molar-refractivity contribution is 5.48. The van der Waals surface area contributed by atoms with E-state index in [4.69, 9.17) is 4.74 Å². The molecule has 94 valence electrons. The minimum Gasteiger partial charge on any atom is -0.496 e. The number of hydrogen-bond acceptors (Lipinski definition) is 2. The Morgan fingerprint density at radius 1 is 1.06 bits per heavy atom. The molecule has 0 bridgehead atoms. The van der Waals surface area contributed by atoms with Crippen LogP contribution < -0.4 is 10.1 Å². The maximum Gasteiger partial charge on any atom is 0.124 e. The van der Waals surface area contributed by atoms with Crippen LogP contribution in [0.4, 0.5) is 5.69 Å². The molecule has 0 radical (unpaired) electrons. The summed E-state index contributed by atoms with van der Waals surface area (Å²) < 4.78 is 5.42. The molecule has 1 N–H and O–H groups in total. The van der Waals surface area contributed by atoms with E-state index in [2.05, 4.69) is 43.4 Å². The smallest absolute Gasteiger partial charge is 0.124 e. The topological polar surface area (TPSA) is 21.3 Å². The third-order valence-electron chi connectivity index (χ3n) is 3.01. The van der Waals surface area contributed by atoms with E-state index in [-0.39, 0.29) is 6.04 Å². The van der Waals surface area contributed by atoms with Crippen LogP contribution in [0, 0.1) is 6.92 Å². The molecule has 2 heteroatoms. The summed E-state index contributed by atoms with van der Waals surface area (Å²) in [5.41, 5.74) is 3.54. The Labute approximate surface area is 109 Å². The molecule has 0 aliphatic rings. The summed E-state index contributed by atoms with van der Waals surface area (Å²) in [6.45, 7) is 4.24. The first-order valence-electron chi connectivity index (χ1n) is 6.17. The Bertz CT molecular complexity index is 508. The van der Waals surface area contributed by atoms with Crippen molar-refractivity contribution in [1.82, 2.24) is 0 Å². The normalized spacial score (nSPS) is 11.9. The van der Waals surface area contributed by atoms with Gasteiger partial charge in [0.2, 0.25) is 0 Å². The minimum atomic E-state index is 0.210. The van der Waals surface area contributed by atoms with Gasteiger partial charge in [0.25, 0.3) is 0 Å². The van der Waals surface area contributed by atoms with Gasteiger partial charge in [-0.1, -0.05) is 35.9 Å². The minimum absolute atomic E-state index is 0.210. The van der Waals surface area contributed by atoms with E-state index < -0.39 is 0 Å². The Kier molecular flexibility index (Phi) is 3.88. The molecule has 1 atom stereocenters. The van der Waals surface area contributed by atoms with E-state index in [0.29, 0.717) is 0 Å². The maximum atomic E-state index is 5.42. The number of ether oxygens (including phenoxy) is 1. The van der Waals surface area contributed by atoms with E-state index in [1.165, 1.54) is 11.1 Å². The highest BCUT2D eigenvalue weighted by atomic mass is 16.5. The Morgan fingerprint density at radius 2 is 1.78 bits per heavy atom. The molecule has 1 unspecified atom stereocenters. The Balaban J connectivity index is 2.23. The average molecular weight is 241 g/mol. The van der Waals surface area contributed by atoms with Crippen LogP contribution >= 0.6 is 0 Å². The quantitative estimate of drug-likeness (QED) is 0.867. The molecule has 0 saturated heterocycles. The molecular formula is C16H19NO. The number of methoxy groups -OCH3 is 1. The Hall–Kier alpha value is -1.96. The summed E-state index contributed by atoms with van der Waals surface area (Å²) in [5.74, 6) is 0.927. The SMILES string of the molecule is COc1ccc(C)cc1C(C)Nc1ccccc1. The fraction of sp³-hybridized carbons (Fsp3) is 0.250. The van der Waals surface area contributed by atoms with Crippen LogP contribution in [0.25, 0.3) is 0 Å². The zero-order valence-corrected chi connectivity index (χ0v) is 11.1. The van der Waals surface area contributed by atoms with Crippen LogP contribution in [0.1, 0.15) is 24.1 Å². The fourth-order valence-electron chi connectivity index (χ4n) is 2.05.